The van der Waals surface area contributed by atoms with Gasteiger partial charge in [0.25, 0.3) is 0 Å². The number of nitriles is 1. The maximum Gasteiger partial charge on any atom is 0.247 e. The van der Waals surface area contributed by atoms with Crippen LogP contribution in [0.5, 0.6) is 5.88 Å². The van der Waals surface area contributed by atoms with E-state index in [9.17, 15) is 5.26 Å². The molecule has 2 N–H and O–H groups in total. The molecule has 0 aliphatic carbocycles. The van der Waals surface area contributed by atoms with Crippen molar-refractivity contribution in [3.8, 4) is 23.4 Å². The van der Waals surface area contributed by atoms with E-state index >= 15 is 0 Å². The molecule has 1 unspecified atom stereocenters. The molecule has 130 valence electrons. The molecule has 0 amide bonds. The van der Waals surface area contributed by atoms with Gasteiger partial charge in [-0.05, 0) is 24.1 Å². The van der Waals surface area contributed by atoms with Crippen molar-refractivity contribution in [3.63, 3.8) is 0 Å². The SMILES string of the molecule is CCc1nn(C)c2c1C(c1ccc(-c3nnco3)cc1)C(C#N)=C(N)O2. The number of nitrogens with two attached hydrogens (primary N) is 1. The van der Waals surface area contributed by atoms with Crippen molar-refractivity contribution in [2.75, 3.05) is 0 Å². The van der Waals surface area contributed by atoms with E-state index in [0.29, 0.717) is 17.3 Å². The van der Waals surface area contributed by atoms with Crippen LogP contribution in [0.15, 0.2) is 46.5 Å². The van der Waals surface area contributed by atoms with Gasteiger partial charge in [-0.25, -0.2) is 4.68 Å². The first-order valence-corrected chi connectivity index (χ1v) is 8.13. The second kappa shape index (κ2) is 6.04. The fourth-order valence-corrected chi connectivity index (χ4v) is 3.27. The monoisotopic (exact) mass is 348 g/mol. The Balaban J connectivity index is 1.85. The maximum atomic E-state index is 9.67. The summed E-state index contributed by atoms with van der Waals surface area (Å²) in [7, 11) is 1.80. The lowest BCUT2D eigenvalue weighted by Crippen LogP contribution is -2.22. The smallest absolute Gasteiger partial charge is 0.247 e. The third-order valence-electron chi connectivity index (χ3n) is 4.46. The molecule has 0 fully saturated rings. The average Bonchev–Trinajstić information content (AvgIpc) is 3.29. The van der Waals surface area contributed by atoms with E-state index in [1.807, 2.05) is 31.2 Å². The van der Waals surface area contributed by atoms with E-state index in [2.05, 4.69) is 21.4 Å². The molecule has 0 saturated heterocycles. The van der Waals surface area contributed by atoms with Crippen LogP contribution in [0.3, 0.4) is 0 Å². The van der Waals surface area contributed by atoms with Crippen LogP contribution in [0.2, 0.25) is 0 Å². The van der Waals surface area contributed by atoms with E-state index in [0.717, 1.165) is 28.8 Å². The third kappa shape index (κ3) is 2.33. The molecule has 0 bridgehead atoms. The highest BCUT2D eigenvalue weighted by atomic mass is 16.5. The van der Waals surface area contributed by atoms with Crippen molar-refractivity contribution in [2.24, 2.45) is 12.8 Å². The minimum Gasteiger partial charge on any atom is -0.423 e. The molecule has 8 heteroatoms. The molecular weight excluding hydrogens is 332 g/mol. The summed E-state index contributed by atoms with van der Waals surface area (Å²) in [6.07, 6.45) is 2.01. The lowest BCUT2D eigenvalue weighted by Gasteiger charge is -2.24. The Kier molecular flexibility index (Phi) is 3.69. The van der Waals surface area contributed by atoms with E-state index in [1.54, 1.807) is 11.7 Å². The first kappa shape index (κ1) is 15.9. The first-order chi connectivity index (χ1) is 12.6. The summed E-state index contributed by atoms with van der Waals surface area (Å²) >= 11 is 0. The number of rotatable bonds is 3. The van der Waals surface area contributed by atoms with Crippen LogP contribution in [-0.2, 0) is 13.5 Å². The summed E-state index contributed by atoms with van der Waals surface area (Å²) in [5.74, 6) is 0.792. The highest BCUT2D eigenvalue weighted by molar-refractivity contribution is 5.59. The minimum absolute atomic E-state index is 0.108. The standard InChI is InChI=1S/C18H16N6O2/c1-3-13-15-14(12(8-19)16(20)26-18(15)24(2)23-13)10-4-6-11(7-5-10)17-22-21-9-25-17/h4-7,9,14H,3,20H2,1-2H3. The van der Waals surface area contributed by atoms with Gasteiger partial charge in [0.1, 0.15) is 11.6 Å². The molecular formula is C18H16N6O2. The van der Waals surface area contributed by atoms with Crippen LogP contribution < -0.4 is 10.5 Å². The van der Waals surface area contributed by atoms with Crippen LogP contribution in [0.25, 0.3) is 11.5 Å². The summed E-state index contributed by atoms with van der Waals surface area (Å²) in [4.78, 5) is 0. The summed E-state index contributed by atoms with van der Waals surface area (Å²) in [5.41, 5.74) is 9.88. The average molecular weight is 348 g/mol. The Labute approximate surface area is 149 Å². The molecule has 0 spiro atoms. The number of aryl methyl sites for hydroxylation is 2. The van der Waals surface area contributed by atoms with Crippen molar-refractivity contribution in [3.05, 3.63) is 58.9 Å². The molecule has 4 rings (SSSR count). The third-order valence-corrected chi connectivity index (χ3v) is 4.46. The molecule has 0 radical (unpaired) electrons. The fraction of sp³-hybridized carbons (Fsp3) is 0.222. The van der Waals surface area contributed by atoms with Gasteiger partial charge >= 0.3 is 0 Å². The molecule has 3 heterocycles. The molecule has 3 aromatic rings. The van der Waals surface area contributed by atoms with Crippen molar-refractivity contribution in [2.45, 2.75) is 19.3 Å². The summed E-state index contributed by atoms with van der Waals surface area (Å²) in [6.45, 7) is 2.02. The first-order valence-electron chi connectivity index (χ1n) is 8.13. The predicted octanol–water partition coefficient (Wildman–Crippen LogP) is 2.25. The highest BCUT2D eigenvalue weighted by Crippen LogP contribution is 2.44. The molecule has 1 aliphatic heterocycles. The second-order valence-corrected chi connectivity index (χ2v) is 5.93. The van der Waals surface area contributed by atoms with Gasteiger partial charge in [0.2, 0.25) is 24.0 Å². The highest BCUT2D eigenvalue weighted by Gasteiger charge is 2.35. The summed E-state index contributed by atoms with van der Waals surface area (Å²) in [6, 6.07) is 9.81. The zero-order valence-electron chi connectivity index (χ0n) is 14.3. The Hall–Kier alpha value is -3.60. The number of aromatic nitrogens is 4. The van der Waals surface area contributed by atoms with E-state index < -0.39 is 0 Å². The van der Waals surface area contributed by atoms with Gasteiger partial charge in [0, 0.05) is 12.6 Å². The van der Waals surface area contributed by atoms with Gasteiger partial charge < -0.3 is 14.9 Å². The van der Waals surface area contributed by atoms with Gasteiger partial charge in [0.15, 0.2) is 0 Å². The number of ether oxygens (including phenoxy) is 1. The van der Waals surface area contributed by atoms with Crippen LogP contribution >= 0.6 is 0 Å². The largest absolute Gasteiger partial charge is 0.423 e. The lowest BCUT2D eigenvalue weighted by atomic mass is 9.83. The van der Waals surface area contributed by atoms with Gasteiger partial charge in [-0.3, -0.25) is 0 Å². The molecule has 0 saturated carbocycles. The van der Waals surface area contributed by atoms with E-state index in [-0.39, 0.29) is 11.8 Å². The lowest BCUT2D eigenvalue weighted by molar-refractivity contribution is 0.358. The molecule has 1 atom stereocenters. The van der Waals surface area contributed by atoms with Crippen molar-refractivity contribution >= 4 is 0 Å². The number of allylic oxidation sites excluding steroid dienone is 1. The molecule has 26 heavy (non-hydrogen) atoms. The molecule has 8 nitrogen and oxygen atoms in total. The second-order valence-electron chi connectivity index (χ2n) is 5.93. The summed E-state index contributed by atoms with van der Waals surface area (Å²) < 4.78 is 12.6. The number of benzene rings is 1. The number of hydrogen-bond acceptors (Lipinski definition) is 7. The Morgan fingerprint density at radius 3 is 2.69 bits per heavy atom. The number of nitrogens with zero attached hydrogens (tertiary/aromatic N) is 5. The molecule has 2 aromatic heterocycles. The minimum atomic E-state index is -0.330. The van der Waals surface area contributed by atoms with E-state index in [1.165, 1.54) is 6.39 Å². The van der Waals surface area contributed by atoms with E-state index in [4.69, 9.17) is 14.9 Å². The van der Waals surface area contributed by atoms with Crippen molar-refractivity contribution in [1.29, 1.82) is 5.26 Å². The normalized spacial score (nSPS) is 16.1. The molecule has 1 aromatic carbocycles. The summed E-state index contributed by atoms with van der Waals surface area (Å²) in [5, 5.41) is 21.8. The zero-order valence-corrected chi connectivity index (χ0v) is 14.3. The van der Waals surface area contributed by atoms with Gasteiger partial charge in [-0.2, -0.15) is 10.4 Å². The Morgan fingerprint density at radius 2 is 2.08 bits per heavy atom. The number of hydrogen-bond donors (Lipinski definition) is 1. The van der Waals surface area contributed by atoms with Crippen molar-refractivity contribution in [1.82, 2.24) is 20.0 Å². The van der Waals surface area contributed by atoms with Gasteiger partial charge in [-0.15, -0.1) is 10.2 Å². The molecule has 1 aliphatic rings. The zero-order chi connectivity index (χ0) is 18.3. The fourth-order valence-electron chi connectivity index (χ4n) is 3.27. The number of fused-ring (bicyclic) bond motifs is 1. The predicted molar refractivity (Wildman–Crippen MR) is 91.6 cm³/mol. The topological polar surface area (TPSA) is 116 Å². The van der Waals surface area contributed by atoms with Crippen LogP contribution in [0, 0.1) is 11.3 Å². The maximum absolute atomic E-state index is 9.67. The Morgan fingerprint density at radius 1 is 1.31 bits per heavy atom. The van der Waals surface area contributed by atoms with Crippen LogP contribution in [0.4, 0.5) is 0 Å². The van der Waals surface area contributed by atoms with Crippen molar-refractivity contribution < 1.29 is 9.15 Å². The van der Waals surface area contributed by atoms with Crippen LogP contribution in [-0.4, -0.2) is 20.0 Å². The Bertz CT molecular complexity index is 1030. The van der Waals surface area contributed by atoms with Gasteiger partial charge in [-0.1, -0.05) is 19.1 Å². The van der Waals surface area contributed by atoms with Gasteiger partial charge in [0.05, 0.1) is 17.2 Å². The van der Waals surface area contributed by atoms with Crippen LogP contribution in [0.1, 0.15) is 29.7 Å². The quantitative estimate of drug-likeness (QED) is 0.771.